The summed E-state index contributed by atoms with van der Waals surface area (Å²) < 4.78 is 6.01. The molecule has 0 atom stereocenters. The number of benzene rings is 1. The molecule has 0 aromatic heterocycles. The van der Waals surface area contributed by atoms with E-state index in [-0.39, 0.29) is 5.91 Å². The standard InChI is InChI=1S/C17H26BrN3O2/c1-19-9-11-21(12-10-19)8-4-7-20(2)17(22)15-13-14(23-3)5-6-16(15)18/h5-6,13H,4,7-12H2,1-3H3. The van der Waals surface area contributed by atoms with Crippen LogP contribution in [0.2, 0.25) is 0 Å². The summed E-state index contributed by atoms with van der Waals surface area (Å²) in [6.07, 6.45) is 0.994. The van der Waals surface area contributed by atoms with Gasteiger partial charge in [-0.2, -0.15) is 0 Å². The van der Waals surface area contributed by atoms with E-state index in [0.717, 1.165) is 50.2 Å². The maximum absolute atomic E-state index is 12.6. The Morgan fingerprint density at radius 3 is 2.65 bits per heavy atom. The van der Waals surface area contributed by atoms with Gasteiger partial charge in [-0.15, -0.1) is 0 Å². The third kappa shape index (κ3) is 5.19. The van der Waals surface area contributed by atoms with Gasteiger partial charge in [-0.25, -0.2) is 0 Å². The van der Waals surface area contributed by atoms with Gasteiger partial charge < -0.3 is 19.4 Å². The Kier molecular flexibility index (Phi) is 6.87. The van der Waals surface area contributed by atoms with Crippen molar-refractivity contribution >= 4 is 21.8 Å². The lowest BCUT2D eigenvalue weighted by Crippen LogP contribution is -2.45. The number of piperazine rings is 1. The van der Waals surface area contributed by atoms with Gasteiger partial charge in [0, 0.05) is 44.2 Å². The fourth-order valence-electron chi connectivity index (χ4n) is 2.71. The first kappa shape index (κ1) is 18.2. The molecule has 1 aliphatic heterocycles. The number of ether oxygens (including phenoxy) is 1. The first-order valence-electron chi connectivity index (χ1n) is 8.01. The van der Waals surface area contributed by atoms with Crippen LogP contribution in [0, 0.1) is 0 Å². The Bertz CT molecular complexity index is 531. The summed E-state index contributed by atoms with van der Waals surface area (Å²) in [6, 6.07) is 5.47. The molecule has 0 spiro atoms. The number of carbonyl (C=O) groups is 1. The molecule has 1 fully saturated rings. The topological polar surface area (TPSA) is 36.0 Å². The molecule has 0 radical (unpaired) electrons. The zero-order valence-electron chi connectivity index (χ0n) is 14.2. The van der Waals surface area contributed by atoms with Crippen LogP contribution in [0.15, 0.2) is 22.7 Å². The van der Waals surface area contributed by atoms with Gasteiger partial charge >= 0.3 is 0 Å². The lowest BCUT2D eigenvalue weighted by atomic mass is 10.2. The minimum atomic E-state index is 0.0224. The summed E-state index contributed by atoms with van der Waals surface area (Å²) in [6.45, 7) is 6.31. The molecule has 2 rings (SSSR count). The Balaban J connectivity index is 1.83. The summed E-state index contributed by atoms with van der Waals surface area (Å²) in [5.74, 6) is 0.719. The number of rotatable bonds is 6. The number of likely N-dealkylation sites (N-methyl/N-ethyl adjacent to an activating group) is 1. The number of hydrogen-bond acceptors (Lipinski definition) is 4. The van der Waals surface area contributed by atoms with Gasteiger partial charge in [-0.1, -0.05) is 0 Å². The third-order valence-corrected chi connectivity index (χ3v) is 5.01. The predicted octanol–water partition coefficient (Wildman–Crippen LogP) is 2.17. The molecular weight excluding hydrogens is 358 g/mol. The molecule has 1 heterocycles. The highest BCUT2D eigenvalue weighted by molar-refractivity contribution is 9.10. The molecule has 1 aromatic rings. The number of carbonyl (C=O) groups excluding carboxylic acids is 1. The van der Waals surface area contributed by atoms with Gasteiger partial charge in [-0.3, -0.25) is 4.79 Å². The van der Waals surface area contributed by atoms with E-state index in [1.165, 1.54) is 0 Å². The summed E-state index contributed by atoms with van der Waals surface area (Å²) in [5.41, 5.74) is 0.645. The first-order valence-corrected chi connectivity index (χ1v) is 8.80. The van der Waals surface area contributed by atoms with Gasteiger partial charge in [0.1, 0.15) is 5.75 Å². The van der Waals surface area contributed by atoms with Crippen LogP contribution < -0.4 is 4.74 Å². The van der Waals surface area contributed by atoms with Crippen molar-refractivity contribution in [3.05, 3.63) is 28.2 Å². The number of nitrogens with zero attached hydrogens (tertiary/aromatic N) is 3. The van der Waals surface area contributed by atoms with E-state index in [2.05, 4.69) is 32.8 Å². The smallest absolute Gasteiger partial charge is 0.254 e. The van der Waals surface area contributed by atoms with Crippen LogP contribution in [0.4, 0.5) is 0 Å². The number of methoxy groups -OCH3 is 1. The SMILES string of the molecule is COc1ccc(Br)c(C(=O)N(C)CCCN2CCN(C)CC2)c1. The minimum absolute atomic E-state index is 0.0224. The van der Waals surface area contributed by atoms with Crippen molar-refractivity contribution in [2.45, 2.75) is 6.42 Å². The molecule has 0 aliphatic carbocycles. The van der Waals surface area contributed by atoms with Gasteiger partial charge in [0.15, 0.2) is 0 Å². The van der Waals surface area contributed by atoms with Crippen molar-refractivity contribution in [3.8, 4) is 5.75 Å². The largest absolute Gasteiger partial charge is 0.497 e. The Labute approximate surface area is 147 Å². The Morgan fingerprint density at radius 2 is 2.00 bits per heavy atom. The summed E-state index contributed by atoms with van der Waals surface area (Å²) >= 11 is 3.45. The van der Waals surface area contributed by atoms with Gasteiger partial charge in [0.25, 0.3) is 5.91 Å². The van der Waals surface area contributed by atoms with Crippen LogP contribution >= 0.6 is 15.9 Å². The zero-order chi connectivity index (χ0) is 16.8. The van der Waals surface area contributed by atoms with E-state index < -0.39 is 0 Å². The maximum atomic E-state index is 12.6. The summed E-state index contributed by atoms with van der Waals surface area (Å²) in [7, 11) is 5.63. The lowest BCUT2D eigenvalue weighted by Gasteiger charge is -2.32. The maximum Gasteiger partial charge on any atom is 0.254 e. The van der Waals surface area contributed by atoms with Crippen LogP contribution in [0.1, 0.15) is 16.8 Å². The van der Waals surface area contributed by atoms with Crippen LogP contribution in [-0.4, -0.2) is 81.1 Å². The van der Waals surface area contributed by atoms with E-state index in [1.54, 1.807) is 18.1 Å². The first-order chi connectivity index (χ1) is 11.0. The van der Waals surface area contributed by atoms with E-state index in [1.807, 2.05) is 19.2 Å². The fraction of sp³-hybridized carbons (Fsp3) is 0.588. The highest BCUT2D eigenvalue weighted by Gasteiger charge is 2.17. The number of amides is 1. The lowest BCUT2D eigenvalue weighted by molar-refractivity contribution is 0.0782. The number of halogens is 1. The second-order valence-electron chi connectivity index (χ2n) is 6.07. The van der Waals surface area contributed by atoms with Crippen molar-refractivity contribution in [2.24, 2.45) is 0 Å². The molecular formula is C17H26BrN3O2. The van der Waals surface area contributed by atoms with Crippen molar-refractivity contribution in [3.63, 3.8) is 0 Å². The molecule has 5 nitrogen and oxygen atoms in total. The second-order valence-corrected chi connectivity index (χ2v) is 6.93. The quantitative estimate of drug-likeness (QED) is 0.753. The van der Waals surface area contributed by atoms with E-state index in [9.17, 15) is 4.79 Å². The van der Waals surface area contributed by atoms with E-state index in [0.29, 0.717) is 11.3 Å². The minimum Gasteiger partial charge on any atom is -0.497 e. The average molecular weight is 384 g/mol. The highest BCUT2D eigenvalue weighted by Crippen LogP contribution is 2.23. The molecule has 1 aromatic carbocycles. The second kappa shape index (κ2) is 8.66. The normalized spacial score (nSPS) is 16.3. The molecule has 1 amide bonds. The highest BCUT2D eigenvalue weighted by atomic mass is 79.9. The van der Waals surface area contributed by atoms with Crippen LogP contribution in [0.3, 0.4) is 0 Å². The van der Waals surface area contributed by atoms with Crippen molar-refractivity contribution in [2.75, 3.05) is 60.5 Å². The van der Waals surface area contributed by atoms with Gasteiger partial charge in [0.2, 0.25) is 0 Å². The summed E-state index contributed by atoms with van der Waals surface area (Å²) in [5, 5.41) is 0. The molecule has 23 heavy (non-hydrogen) atoms. The zero-order valence-corrected chi connectivity index (χ0v) is 15.8. The monoisotopic (exact) mass is 383 g/mol. The Morgan fingerprint density at radius 1 is 1.30 bits per heavy atom. The fourth-order valence-corrected chi connectivity index (χ4v) is 3.12. The van der Waals surface area contributed by atoms with Gasteiger partial charge in [-0.05, 0) is 54.1 Å². The van der Waals surface area contributed by atoms with Crippen LogP contribution in [-0.2, 0) is 0 Å². The van der Waals surface area contributed by atoms with Crippen LogP contribution in [0.5, 0.6) is 5.75 Å². The van der Waals surface area contributed by atoms with Crippen LogP contribution in [0.25, 0.3) is 0 Å². The van der Waals surface area contributed by atoms with Gasteiger partial charge in [0.05, 0.1) is 12.7 Å². The van der Waals surface area contributed by atoms with Crippen molar-refractivity contribution in [1.82, 2.24) is 14.7 Å². The Hall–Kier alpha value is -1.11. The molecule has 1 aliphatic rings. The molecule has 128 valence electrons. The predicted molar refractivity (Wildman–Crippen MR) is 96.2 cm³/mol. The molecule has 6 heteroatoms. The molecule has 0 saturated carbocycles. The van der Waals surface area contributed by atoms with Crippen molar-refractivity contribution in [1.29, 1.82) is 0 Å². The molecule has 1 saturated heterocycles. The molecule has 0 unspecified atom stereocenters. The summed E-state index contributed by atoms with van der Waals surface area (Å²) in [4.78, 5) is 19.2. The molecule has 0 bridgehead atoms. The van der Waals surface area contributed by atoms with Crippen molar-refractivity contribution < 1.29 is 9.53 Å². The third-order valence-electron chi connectivity index (χ3n) is 4.31. The average Bonchev–Trinajstić information content (AvgIpc) is 2.56. The number of hydrogen-bond donors (Lipinski definition) is 0. The van der Waals surface area contributed by atoms with E-state index in [4.69, 9.17) is 4.74 Å². The van der Waals surface area contributed by atoms with E-state index >= 15 is 0 Å². The molecule has 0 N–H and O–H groups in total.